The number of anilines is 1. The number of primary amides is 1. The van der Waals surface area contributed by atoms with Crippen LogP contribution >= 0.6 is 0 Å². The zero-order chi connectivity index (χ0) is 25.2. The van der Waals surface area contributed by atoms with Gasteiger partial charge < -0.3 is 31.4 Å². The van der Waals surface area contributed by atoms with Crippen LogP contribution in [0, 0.1) is 17.8 Å². The van der Waals surface area contributed by atoms with Crippen molar-refractivity contribution in [3.05, 3.63) is 39.7 Å². The Morgan fingerprint density at radius 3 is 2.44 bits per heavy atom. The van der Waals surface area contributed by atoms with Crippen LogP contribution in [0.4, 0.5) is 5.69 Å². The van der Waals surface area contributed by atoms with Gasteiger partial charge >= 0.3 is 0 Å². The summed E-state index contributed by atoms with van der Waals surface area (Å²) in [5.41, 5.74) is 7.47. The summed E-state index contributed by atoms with van der Waals surface area (Å²) < 4.78 is 0. The maximum atomic E-state index is 13.6. The molecule has 10 nitrogen and oxygen atoms in total. The second-order valence-corrected chi connectivity index (χ2v) is 10.4. The lowest BCUT2D eigenvalue weighted by Gasteiger charge is -2.41. The van der Waals surface area contributed by atoms with Gasteiger partial charge in [-0.05, 0) is 62.2 Å². The van der Waals surface area contributed by atoms with E-state index in [-0.39, 0.29) is 43.3 Å². The summed E-state index contributed by atoms with van der Waals surface area (Å²) >= 11 is 0. The van der Waals surface area contributed by atoms with Crippen LogP contribution in [-0.2, 0) is 27.3 Å². The van der Waals surface area contributed by atoms with Gasteiger partial charge in [0.25, 0.3) is 5.91 Å². The van der Waals surface area contributed by atoms with Gasteiger partial charge in [-0.1, -0.05) is 0 Å². The minimum atomic E-state index is -1.10. The molecule has 4 aliphatic rings. The van der Waals surface area contributed by atoms with Gasteiger partial charge in [0.05, 0.1) is 11.5 Å². The highest BCUT2D eigenvalue weighted by atomic mass is 16.3. The zero-order valence-corrected chi connectivity index (χ0v) is 20.5. The molecule has 3 aliphatic carbocycles. The Labute approximate surface area is 212 Å². The number of carbonyl (C=O) groups excluding carboxylic acids is 3. The minimum absolute atomic E-state index is 0. The monoisotopic (exact) mass is 503 g/mol. The number of likely N-dealkylation sites (tertiary alicyclic amines) is 1. The summed E-state index contributed by atoms with van der Waals surface area (Å²) in [6.45, 7) is 2.42. The first kappa shape index (κ1) is 25.7. The molecule has 0 spiro atoms. The molecule has 2 fully saturated rings. The van der Waals surface area contributed by atoms with Gasteiger partial charge in [0.1, 0.15) is 22.8 Å². The SMILES string of the molecule is CN(C)c1cc(CN2CCCC2)c(O)c2c1CC1CC3CC(=O)C(C(N)=O)=C(O)C3C(=O)C1=C2O.O.[HH].[HH]. The number of carbonyl (C=O) groups is 3. The number of fused-ring (bicyclic) bond motifs is 3. The van der Waals surface area contributed by atoms with E-state index in [2.05, 4.69) is 4.90 Å². The lowest BCUT2D eigenvalue weighted by atomic mass is 9.61. The van der Waals surface area contributed by atoms with Crippen LogP contribution in [0.5, 0.6) is 5.75 Å². The molecule has 5 rings (SSSR count). The highest BCUT2D eigenvalue weighted by Crippen LogP contribution is 2.52. The number of aliphatic hydroxyl groups is 2. The van der Waals surface area contributed by atoms with E-state index in [4.69, 9.17) is 5.73 Å². The smallest absolute Gasteiger partial charge is 0.255 e. The Hall–Kier alpha value is -3.37. The number of phenolic OH excluding ortho intramolecular Hbond substituents is 1. The summed E-state index contributed by atoms with van der Waals surface area (Å²) in [6.07, 6.45) is 2.95. The van der Waals surface area contributed by atoms with Gasteiger partial charge in [0, 0.05) is 46.7 Å². The van der Waals surface area contributed by atoms with Crippen molar-refractivity contribution in [1.82, 2.24) is 4.90 Å². The van der Waals surface area contributed by atoms with E-state index in [0.717, 1.165) is 37.2 Å². The molecule has 1 saturated heterocycles. The lowest BCUT2D eigenvalue weighted by molar-refractivity contribution is -0.127. The van der Waals surface area contributed by atoms with Crippen molar-refractivity contribution in [2.24, 2.45) is 23.5 Å². The average Bonchev–Trinajstić information content (AvgIpc) is 3.27. The van der Waals surface area contributed by atoms with E-state index >= 15 is 0 Å². The topological polar surface area (TPSA) is 176 Å². The second-order valence-electron chi connectivity index (χ2n) is 10.4. The molecule has 1 saturated carbocycles. The predicted octanol–water partition coefficient (Wildman–Crippen LogP) is 1.64. The Balaban J connectivity index is 0.00000169. The summed E-state index contributed by atoms with van der Waals surface area (Å²) in [5, 5.41) is 33.4. The molecule has 1 amide bonds. The number of hydrogen-bond donors (Lipinski definition) is 4. The maximum absolute atomic E-state index is 13.6. The summed E-state index contributed by atoms with van der Waals surface area (Å²) in [4.78, 5) is 42.0. The van der Waals surface area contributed by atoms with E-state index in [1.54, 1.807) is 0 Å². The molecule has 10 heteroatoms. The van der Waals surface area contributed by atoms with Gasteiger partial charge in [0.15, 0.2) is 11.6 Å². The highest BCUT2D eigenvalue weighted by molar-refractivity contribution is 6.21. The summed E-state index contributed by atoms with van der Waals surface area (Å²) in [7, 11) is 3.80. The molecule has 1 aromatic carbocycles. The van der Waals surface area contributed by atoms with E-state index in [1.807, 2.05) is 25.1 Å². The molecule has 1 aliphatic heterocycles. The minimum Gasteiger partial charge on any atom is -0.511 e. The number of hydrogen-bond acceptors (Lipinski definition) is 8. The standard InChI is InChI=1S/C26H31N3O6.H2O.2H2/c1-28(2)16-9-14(11-29-5-3-4-6-29)22(31)20-15(16)8-12-7-13-10-17(30)21(26(27)35)25(34)19(13)23(32)18(12)24(20)33;;;/h9,12-13,19,31,33-34H,3-8,10-11H2,1-2H3,(H2,27,35);1H2;2*1H. The van der Waals surface area contributed by atoms with Crippen molar-refractivity contribution in [3.63, 3.8) is 0 Å². The number of aliphatic hydroxyl groups excluding tert-OH is 2. The number of amides is 1. The molecule has 3 unspecified atom stereocenters. The lowest BCUT2D eigenvalue weighted by Crippen LogP contribution is -2.44. The van der Waals surface area contributed by atoms with Gasteiger partial charge in [-0.15, -0.1) is 0 Å². The average molecular weight is 504 g/mol. The van der Waals surface area contributed by atoms with E-state index < -0.39 is 40.6 Å². The number of Topliss-reactive ketones (excluding diaryl/α,β-unsaturated/α-hetero) is 2. The molecule has 3 atom stereocenters. The summed E-state index contributed by atoms with van der Waals surface area (Å²) in [6, 6.07) is 1.95. The highest BCUT2D eigenvalue weighted by Gasteiger charge is 2.51. The number of ketones is 2. The first-order valence-corrected chi connectivity index (χ1v) is 12.1. The van der Waals surface area contributed by atoms with E-state index in [0.29, 0.717) is 24.9 Å². The molecule has 0 bridgehead atoms. The third-order valence-electron chi connectivity index (χ3n) is 8.02. The molecular formula is C26H37N3O7. The zero-order valence-electron chi connectivity index (χ0n) is 20.5. The Morgan fingerprint density at radius 2 is 1.83 bits per heavy atom. The Morgan fingerprint density at radius 1 is 1.17 bits per heavy atom. The van der Waals surface area contributed by atoms with Gasteiger partial charge in [-0.3, -0.25) is 19.3 Å². The number of nitrogens with zero attached hydrogens (tertiary/aromatic N) is 2. The predicted molar refractivity (Wildman–Crippen MR) is 137 cm³/mol. The van der Waals surface area contributed by atoms with Crippen LogP contribution in [0.1, 0.15) is 45.2 Å². The van der Waals surface area contributed by atoms with Crippen LogP contribution in [0.3, 0.4) is 0 Å². The first-order valence-electron chi connectivity index (χ1n) is 12.1. The van der Waals surface area contributed by atoms with Crippen molar-refractivity contribution in [2.75, 3.05) is 32.1 Å². The van der Waals surface area contributed by atoms with Crippen LogP contribution in [0.2, 0.25) is 0 Å². The number of nitrogens with two attached hydrogens (primary N) is 1. The van der Waals surface area contributed by atoms with Gasteiger partial charge in [-0.2, -0.15) is 0 Å². The maximum Gasteiger partial charge on any atom is 0.255 e. The molecule has 7 N–H and O–H groups in total. The molecule has 198 valence electrons. The number of phenols is 1. The van der Waals surface area contributed by atoms with Crippen LogP contribution in [-0.4, -0.2) is 70.4 Å². The Kier molecular flexibility index (Phi) is 6.61. The third-order valence-corrected chi connectivity index (χ3v) is 8.02. The van der Waals surface area contributed by atoms with Crippen molar-refractivity contribution >= 4 is 28.9 Å². The van der Waals surface area contributed by atoms with Crippen LogP contribution < -0.4 is 10.6 Å². The second kappa shape index (κ2) is 9.25. The molecule has 1 aromatic rings. The number of benzene rings is 1. The number of rotatable bonds is 4. The van der Waals surface area contributed by atoms with Crippen molar-refractivity contribution in [3.8, 4) is 5.75 Å². The van der Waals surface area contributed by atoms with Gasteiger partial charge in [-0.25, -0.2) is 0 Å². The molecular weight excluding hydrogens is 466 g/mol. The molecule has 36 heavy (non-hydrogen) atoms. The largest absolute Gasteiger partial charge is 0.511 e. The Bertz CT molecular complexity index is 1220. The number of allylic oxidation sites excluding steroid dienone is 2. The molecule has 0 radical (unpaired) electrons. The van der Waals surface area contributed by atoms with E-state index in [9.17, 15) is 29.7 Å². The fraction of sp³-hybridized carbons (Fsp3) is 0.500. The number of aromatic hydroxyl groups is 1. The summed E-state index contributed by atoms with van der Waals surface area (Å²) in [5.74, 6) is -5.01. The molecule has 0 aromatic heterocycles. The quantitative estimate of drug-likeness (QED) is 0.448. The van der Waals surface area contributed by atoms with Crippen molar-refractivity contribution in [2.45, 2.75) is 38.6 Å². The van der Waals surface area contributed by atoms with Crippen LogP contribution in [0.15, 0.2) is 23.0 Å². The first-order chi connectivity index (χ1) is 16.6. The van der Waals surface area contributed by atoms with Crippen molar-refractivity contribution < 1.29 is 38.0 Å². The normalized spacial score (nSPS) is 25.8. The van der Waals surface area contributed by atoms with E-state index in [1.165, 1.54) is 0 Å². The molecule has 1 heterocycles. The van der Waals surface area contributed by atoms with Crippen LogP contribution in [0.25, 0.3) is 5.76 Å². The van der Waals surface area contributed by atoms with Gasteiger partial charge in [0.2, 0.25) is 0 Å². The fourth-order valence-corrected chi connectivity index (χ4v) is 6.44. The van der Waals surface area contributed by atoms with Crippen molar-refractivity contribution in [1.29, 1.82) is 0 Å². The third kappa shape index (κ3) is 3.84. The fourth-order valence-electron chi connectivity index (χ4n) is 6.44.